The molecule has 1 fully saturated rings. The molecule has 4 rings (SSSR count). The van der Waals surface area contributed by atoms with Crippen molar-refractivity contribution in [2.24, 2.45) is 0 Å². The first kappa shape index (κ1) is 22.6. The van der Waals surface area contributed by atoms with Crippen molar-refractivity contribution in [2.75, 3.05) is 11.5 Å². The summed E-state index contributed by atoms with van der Waals surface area (Å²) < 4.78 is 5.58. The second-order valence-electron chi connectivity index (χ2n) is 7.72. The maximum atomic E-state index is 13.2. The van der Waals surface area contributed by atoms with Gasteiger partial charge < -0.3 is 9.84 Å². The van der Waals surface area contributed by atoms with Crippen LogP contribution < -0.4 is 9.64 Å². The average Bonchev–Trinajstić information content (AvgIpc) is 3.08. The molecule has 0 bridgehead atoms. The molecular formula is C26H23ClN2O4. The molecule has 1 aliphatic rings. The van der Waals surface area contributed by atoms with E-state index in [-0.39, 0.29) is 11.3 Å². The molecule has 1 unspecified atom stereocenters. The summed E-state index contributed by atoms with van der Waals surface area (Å²) in [6.07, 6.45) is 1.58. The van der Waals surface area contributed by atoms with Crippen molar-refractivity contribution in [1.29, 1.82) is 0 Å². The molecule has 2 aromatic carbocycles. The fourth-order valence-corrected chi connectivity index (χ4v) is 4.19. The molecular weight excluding hydrogens is 440 g/mol. The van der Waals surface area contributed by atoms with E-state index in [2.05, 4.69) is 4.98 Å². The molecule has 1 atom stereocenters. The minimum absolute atomic E-state index is 0.0263. The molecule has 1 aromatic heterocycles. The lowest BCUT2D eigenvalue weighted by atomic mass is 9.97. The predicted octanol–water partition coefficient (Wildman–Crippen LogP) is 5.38. The van der Waals surface area contributed by atoms with Crippen molar-refractivity contribution in [3.63, 3.8) is 0 Å². The van der Waals surface area contributed by atoms with E-state index >= 15 is 0 Å². The number of aryl methyl sites for hydroxylation is 1. The second-order valence-corrected chi connectivity index (χ2v) is 8.13. The highest BCUT2D eigenvalue weighted by Crippen LogP contribution is 2.43. The quantitative estimate of drug-likeness (QED) is 0.313. The highest BCUT2D eigenvalue weighted by molar-refractivity contribution is 6.52. The van der Waals surface area contributed by atoms with E-state index in [0.717, 1.165) is 5.56 Å². The van der Waals surface area contributed by atoms with Gasteiger partial charge in [0.25, 0.3) is 11.7 Å². The molecule has 3 aromatic rings. The molecule has 1 N–H and O–H groups in total. The topological polar surface area (TPSA) is 79.7 Å². The lowest BCUT2D eigenvalue weighted by Crippen LogP contribution is -2.30. The summed E-state index contributed by atoms with van der Waals surface area (Å²) in [4.78, 5) is 32.2. The number of aliphatic hydroxyl groups excluding tert-OH is 1. The van der Waals surface area contributed by atoms with Gasteiger partial charge in [-0.3, -0.25) is 19.5 Å². The number of carbonyl (C=O) groups excluding carboxylic acids is 2. The summed E-state index contributed by atoms with van der Waals surface area (Å²) in [6, 6.07) is 14.6. The van der Waals surface area contributed by atoms with Gasteiger partial charge in [-0.2, -0.15) is 0 Å². The van der Waals surface area contributed by atoms with E-state index in [4.69, 9.17) is 16.3 Å². The third kappa shape index (κ3) is 3.98. The van der Waals surface area contributed by atoms with Crippen molar-refractivity contribution in [3.05, 3.63) is 93.8 Å². The Labute approximate surface area is 197 Å². The standard InChI is InChI=1S/C26H23ClN2O4/c1-4-33-21-12-11-17(14-15(21)2)24(30)22-23(19-9-5-6-13-28-19)29(26(32)25(22)31)20-10-7-8-18(27)16(20)3/h5-14,23,30H,4H2,1-3H3/b24-22+. The van der Waals surface area contributed by atoms with Crippen LogP contribution in [0.3, 0.4) is 0 Å². The smallest absolute Gasteiger partial charge is 0.300 e. The molecule has 168 valence electrons. The van der Waals surface area contributed by atoms with Gasteiger partial charge in [0.15, 0.2) is 0 Å². The zero-order valence-electron chi connectivity index (χ0n) is 18.5. The van der Waals surface area contributed by atoms with E-state index in [9.17, 15) is 14.7 Å². The minimum atomic E-state index is -0.907. The van der Waals surface area contributed by atoms with Gasteiger partial charge in [-0.15, -0.1) is 0 Å². The molecule has 1 amide bonds. The maximum absolute atomic E-state index is 13.2. The van der Waals surface area contributed by atoms with Crippen LogP contribution in [0.4, 0.5) is 5.69 Å². The molecule has 1 aliphatic heterocycles. The van der Waals surface area contributed by atoms with Gasteiger partial charge in [0, 0.05) is 22.5 Å². The van der Waals surface area contributed by atoms with Crippen LogP contribution >= 0.6 is 11.6 Å². The van der Waals surface area contributed by atoms with Crippen LogP contribution in [0.5, 0.6) is 5.75 Å². The Morgan fingerprint density at radius 3 is 2.58 bits per heavy atom. The van der Waals surface area contributed by atoms with Crippen molar-refractivity contribution < 1.29 is 19.4 Å². The van der Waals surface area contributed by atoms with Gasteiger partial charge >= 0.3 is 0 Å². The number of nitrogens with zero attached hydrogens (tertiary/aromatic N) is 2. The lowest BCUT2D eigenvalue weighted by molar-refractivity contribution is -0.132. The Hall–Kier alpha value is -3.64. The monoisotopic (exact) mass is 462 g/mol. The Kier molecular flexibility index (Phi) is 6.20. The zero-order valence-corrected chi connectivity index (χ0v) is 19.3. The summed E-state index contributed by atoms with van der Waals surface area (Å²) in [5.41, 5.74) is 2.79. The van der Waals surface area contributed by atoms with Crippen LogP contribution in [0.1, 0.15) is 35.3 Å². The summed E-state index contributed by atoms with van der Waals surface area (Å²) in [5, 5.41) is 11.7. The van der Waals surface area contributed by atoms with E-state index in [1.807, 2.05) is 13.8 Å². The highest BCUT2D eigenvalue weighted by Gasteiger charge is 2.48. The SMILES string of the molecule is CCOc1ccc(/C(O)=C2\C(=O)C(=O)N(c3cccc(Cl)c3C)C2c2ccccn2)cc1C. The van der Waals surface area contributed by atoms with Crippen LogP contribution in [-0.4, -0.2) is 28.4 Å². The lowest BCUT2D eigenvalue weighted by Gasteiger charge is -2.26. The first-order valence-electron chi connectivity index (χ1n) is 10.6. The number of amides is 1. The Balaban J connectivity index is 1.93. The van der Waals surface area contributed by atoms with E-state index in [1.165, 1.54) is 4.90 Å². The predicted molar refractivity (Wildman–Crippen MR) is 128 cm³/mol. The zero-order chi connectivity index (χ0) is 23.7. The molecule has 1 saturated heterocycles. The number of ketones is 1. The molecule has 0 saturated carbocycles. The number of benzene rings is 2. The van der Waals surface area contributed by atoms with Gasteiger partial charge in [0.2, 0.25) is 0 Å². The van der Waals surface area contributed by atoms with E-state index < -0.39 is 17.7 Å². The third-order valence-electron chi connectivity index (χ3n) is 5.66. The number of aliphatic hydroxyl groups is 1. The number of ether oxygens (including phenoxy) is 1. The summed E-state index contributed by atoms with van der Waals surface area (Å²) in [7, 11) is 0. The Bertz CT molecular complexity index is 1270. The molecule has 0 aliphatic carbocycles. The maximum Gasteiger partial charge on any atom is 0.300 e. The number of hydrogen-bond acceptors (Lipinski definition) is 5. The molecule has 2 heterocycles. The molecule has 33 heavy (non-hydrogen) atoms. The van der Waals surface area contributed by atoms with Gasteiger partial charge in [-0.1, -0.05) is 23.7 Å². The third-order valence-corrected chi connectivity index (χ3v) is 6.07. The van der Waals surface area contributed by atoms with Crippen molar-refractivity contribution in [3.8, 4) is 5.75 Å². The number of aromatic nitrogens is 1. The van der Waals surface area contributed by atoms with Crippen molar-refractivity contribution in [2.45, 2.75) is 26.8 Å². The highest BCUT2D eigenvalue weighted by atomic mass is 35.5. The van der Waals surface area contributed by atoms with Gasteiger partial charge in [0.1, 0.15) is 17.6 Å². The van der Waals surface area contributed by atoms with Crippen LogP contribution in [0.2, 0.25) is 5.02 Å². The summed E-state index contributed by atoms with van der Waals surface area (Å²) in [6.45, 7) is 6.03. The molecule has 0 spiro atoms. The van der Waals surface area contributed by atoms with Crippen LogP contribution in [0.25, 0.3) is 5.76 Å². The second kappa shape index (κ2) is 9.08. The molecule has 0 radical (unpaired) electrons. The average molecular weight is 463 g/mol. The van der Waals surface area contributed by atoms with E-state index in [0.29, 0.717) is 39.9 Å². The largest absolute Gasteiger partial charge is 0.507 e. The van der Waals surface area contributed by atoms with Crippen molar-refractivity contribution >= 4 is 34.7 Å². The number of rotatable bonds is 5. The van der Waals surface area contributed by atoms with Gasteiger partial charge in [-0.05, 0) is 74.4 Å². The number of carbonyl (C=O) groups is 2. The minimum Gasteiger partial charge on any atom is -0.507 e. The molecule has 7 heteroatoms. The van der Waals surface area contributed by atoms with Crippen LogP contribution in [0.15, 0.2) is 66.4 Å². The fourth-order valence-electron chi connectivity index (χ4n) is 4.03. The number of hydrogen-bond donors (Lipinski definition) is 1. The number of anilines is 1. The fraction of sp³-hybridized carbons (Fsp3) is 0.192. The normalized spacial score (nSPS) is 17.5. The van der Waals surface area contributed by atoms with Gasteiger partial charge in [-0.25, -0.2) is 0 Å². The summed E-state index contributed by atoms with van der Waals surface area (Å²) >= 11 is 6.31. The Morgan fingerprint density at radius 1 is 1.12 bits per heavy atom. The van der Waals surface area contributed by atoms with E-state index in [1.54, 1.807) is 67.7 Å². The number of pyridine rings is 1. The first-order valence-corrected chi connectivity index (χ1v) is 10.9. The first-order chi connectivity index (χ1) is 15.8. The number of Topliss-reactive ketones (excluding diaryl/α,β-unsaturated/α-hetero) is 1. The van der Waals surface area contributed by atoms with Crippen LogP contribution in [0, 0.1) is 13.8 Å². The van der Waals surface area contributed by atoms with Crippen molar-refractivity contribution in [1.82, 2.24) is 4.98 Å². The summed E-state index contributed by atoms with van der Waals surface area (Å²) in [5.74, 6) is -1.11. The molecule has 6 nitrogen and oxygen atoms in total. The Morgan fingerprint density at radius 2 is 1.91 bits per heavy atom. The van der Waals surface area contributed by atoms with Crippen LogP contribution in [-0.2, 0) is 9.59 Å². The van der Waals surface area contributed by atoms with Gasteiger partial charge in [0.05, 0.1) is 17.9 Å². The number of halogens is 1.